The van der Waals surface area contributed by atoms with Gasteiger partial charge >= 0.3 is 0 Å². The lowest BCUT2D eigenvalue weighted by Crippen LogP contribution is -2.28. The van der Waals surface area contributed by atoms with Crippen molar-refractivity contribution in [2.45, 2.75) is 39.2 Å². The molecular formula is C12H20ClN3. The van der Waals surface area contributed by atoms with Crippen molar-refractivity contribution in [2.75, 3.05) is 0 Å². The van der Waals surface area contributed by atoms with Crippen LogP contribution in [0.2, 0.25) is 5.02 Å². The van der Waals surface area contributed by atoms with E-state index in [1.807, 2.05) is 12.1 Å². The third-order valence-corrected chi connectivity index (χ3v) is 2.81. The van der Waals surface area contributed by atoms with Gasteiger partial charge < -0.3 is 0 Å². The fourth-order valence-corrected chi connectivity index (χ4v) is 1.75. The Morgan fingerprint density at radius 2 is 2.12 bits per heavy atom. The summed E-state index contributed by atoms with van der Waals surface area (Å²) in [6, 6.07) is 3.88. The standard InChI is InChI=1S/C12H20ClN3/c1-9(2)4-3-5-12(16-14)11-7-6-10(13)8-15-11/h6-9,12,16H,3-5,14H2,1-2H3. The van der Waals surface area contributed by atoms with Gasteiger partial charge in [-0.2, -0.15) is 0 Å². The van der Waals surface area contributed by atoms with Crippen molar-refractivity contribution in [1.82, 2.24) is 10.4 Å². The van der Waals surface area contributed by atoms with Gasteiger partial charge in [0.1, 0.15) is 0 Å². The van der Waals surface area contributed by atoms with E-state index in [1.165, 1.54) is 6.42 Å². The SMILES string of the molecule is CC(C)CCCC(NN)c1ccc(Cl)cn1. The third kappa shape index (κ3) is 4.47. The Bertz CT molecular complexity index is 298. The van der Waals surface area contributed by atoms with Gasteiger partial charge in [-0.25, -0.2) is 0 Å². The van der Waals surface area contributed by atoms with E-state index in [1.54, 1.807) is 6.20 Å². The van der Waals surface area contributed by atoms with E-state index in [-0.39, 0.29) is 6.04 Å². The molecule has 16 heavy (non-hydrogen) atoms. The van der Waals surface area contributed by atoms with Crippen LogP contribution in [-0.4, -0.2) is 4.98 Å². The minimum Gasteiger partial charge on any atom is -0.271 e. The zero-order chi connectivity index (χ0) is 12.0. The Morgan fingerprint density at radius 1 is 1.38 bits per heavy atom. The van der Waals surface area contributed by atoms with Crippen LogP contribution < -0.4 is 11.3 Å². The average Bonchev–Trinajstić information content (AvgIpc) is 2.26. The van der Waals surface area contributed by atoms with Crippen LogP contribution in [0.15, 0.2) is 18.3 Å². The lowest BCUT2D eigenvalue weighted by atomic mass is 10.0. The average molecular weight is 242 g/mol. The molecule has 3 nitrogen and oxygen atoms in total. The maximum atomic E-state index is 5.79. The fourth-order valence-electron chi connectivity index (χ4n) is 1.64. The number of hydrazine groups is 1. The van der Waals surface area contributed by atoms with Crippen molar-refractivity contribution >= 4 is 11.6 Å². The first-order chi connectivity index (χ1) is 7.63. The highest BCUT2D eigenvalue weighted by Gasteiger charge is 2.10. The van der Waals surface area contributed by atoms with E-state index in [2.05, 4.69) is 24.3 Å². The van der Waals surface area contributed by atoms with Gasteiger partial charge in [0.15, 0.2) is 0 Å². The Labute approximate surface area is 102 Å². The van der Waals surface area contributed by atoms with E-state index in [0.29, 0.717) is 5.02 Å². The van der Waals surface area contributed by atoms with E-state index in [0.717, 1.165) is 24.5 Å². The number of halogens is 1. The predicted octanol–water partition coefficient (Wildman–Crippen LogP) is 3.07. The van der Waals surface area contributed by atoms with Crippen molar-refractivity contribution in [3.05, 3.63) is 29.0 Å². The van der Waals surface area contributed by atoms with E-state index in [9.17, 15) is 0 Å². The van der Waals surface area contributed by atoms with Gasteiger partial charge in [0, 0.05) is 6.20 Å². The minimum absolute atomic E-state index is 0.121. The van der Waals surface area contributed by atoms with Gasteiger partial charge in [0.05, 0.1) is 16.8 Å². The summed E-state index contributed by atoms with van der Waals surface area (Å²) < 4.78 is 0. The molecule has 1 aromatic rings. The molecule has 0 radical (unpaired) electrons. The van der Waals surface area contributed by atoms with Crippen molar-refractivity contribution < 1.29 is 0 Å². The number of hydrogen-bond donors (Lipinski definition) is 2. The van der Waals surface area contributed by atoms with Crippen molar-refractivity contribution in [2.24, 2.45) is 11.8 Å². The molecule has 0 saturated heterocycles. The van der Waals surface area contributed by atoms with E-state index < -0.39 is 0 Å². The zero-order valence-corrected chi connectivity index (χ0v) is 10.7. The first kappa shape index (κ1) is 13.4. The maximum absolute atomic E-state index is 5.79. The van der Waals surface area contributed by atoms with Crippen LogP contribution in [0.1, 0.15) is 44.8 Å². The molecule has 0 aliphatic carbocycles. The summed E-state index contributed by atoms with van der Waals surface area (Å²) >= 11 is 5.79. The lowest BCUT2D eigenvalue weighted by molar-refractivity contribution is 0.448. The van der Waals surface area contributed by atoms with Crippen LogP contribution in [0.4, 0.5) is 0 Å². The van der Waals surface area contributed by atoms with Gasteiger partial charge in [0.25, 0.3) is 0 Å². The number of nitrogens with one attached hydrogen (secondary N) is 1. The molecule has 1 atom stereocenters. The summed E-state index contributed by atoms with van der Waals surface area (Å²) in [5.74, 6) is 6.27. The van der Waals surface area contributed by atoms with Gasteiger partial charge in [-0.15, -0.1) is 0 Å². The molecule has 1 heterocycles. The molecule has 0 aromatic carbocycles. The van der Waals surface area contributed by atoms with Crippen molar-refractivity contribution in [3.63, 3.8) is 0 Å². The molecule has 0 spiro atoms. The summed E-state index contributed by atoms with van der Waals surface area (Å²) in [4.78, 5) is 4.27. The monoisotopic (exact) mass is 241 g/mol. The normalized spacial score (nSPS) is 13.1. The molecule has 1 aromatic heterocycles. The molecule has 1 rings (SSSR count). The molecule has 3 N–H and O–H groups in total. The lowest BCUT2D eigenvalue weighted by Gasteiger charge is -2.15. The van der Waals surface area contributed by atoms with E-state index in [4.69, 9.17) is 17.4 Å². The molecule has 0 aliphatic rings. The number of aromatic nitrogens is 1. The molecular weight excluding hydrogens is 222 g/mol. The topological polar surface area (TPSA) is 50.9 Å². The van der Waals surface area contributed by atoms with Crippen LogP contribution in [0, 0.1) is 5.92 Å². The molecule has 0 fully saturated rings. The van der Waals surface area contributed by atoms with Crippen LogP contribution >= 0.6 is 11.6 Å². The first-order valence-electron chi connectivity index (χ1n) is 5.71. The summed E-state index contributed by atoms with van der Waals surface area (Å²) in [5.41, 5.74) is 3.76. The Morgan fingerprint density at radius 3 is 2.62 bits per heavy atom. The Balaban J connectivity index is 2.50. The van der Waals surface area contributed by atoms with Crippen molar-refractivity contribution in [1.29, 1.82) is 0 Å². The van der Waals surface area contributed by atoms with Gasteiger partial charge in [-0.3, -0.25) is 16.3 Å². The van der Waals surface area contributed by atoms with Crippen LogP contribution in [0.3, 0.4) is 0 Å². The second kappa shape index (κ2) is 6.84. The maximum Gasteiger partial charge on any atom is 0.0632 e. The molecule has 4 heteroatoms. The molecule has 1 unspecified atom stereocenters. The van der Waals surface area contributed by atoms with Crippen LogP contribution in [0.25, 0.3) is 0 Å². The van der Waals surface area contributed by atoms with Gasteiger partial charge in [0.2, 0.25) is 0 Å². The molecule has 0 aliphatic heterocycles. The van der Waals surface area contributed by atoms with Crippen molar-refractivity contribution in [3.8, 4) is 0 Å². The number of pyridine rings is 1. The molecule has 0 amide bonds. The first-order valence-corrected chi connectivity index (χ1v) is 6.09. The fraction of sp³-hybridized carbons (Fsp3) is 0.583. The highest BCUT2D eigenvalue weighted by molar-refractivity contribution is 6.30. The Hall–Kier alpha value is -0.640. The number of nitrogens with zero attached hydrogens (tertiary/aromatic N) is 1. The third-order valence-electron chi connectivity index (χ3n) is 2.58. The summed E-state index contributed by atoms with van der Waals surface area (Å²) in [5, 5.41) is 0.654. The predicted molar refractivity (Wildman–Crippen MR) is 68.0 cm³/mol. The minimum atomic E-state index is 0.121. The summed E-state index contributed by atoms with van der Waals surface area (Å²) in [7, 11) is 0. The van der Waals surface area contributed by atoms with E-state index >= 15 is 0 Å². The summed E-state index contributed by atoms with van der Waals surface area (Å²) in [6.07, 6.45) is 5.02. The van der Waals surface area contributed by atoms with Gasteiger partial charge in [-0.1, -0.05) is 38.3 Å². The second-order valence-corrected chi connectivity index (χ2v) is 4.88. The second-order valence-electron chi connectivity index (χ2n) is 4.45. The molecule has 90 valence electrons. The molecule has 0 saturated carbocycles. The van der Waals surface area contributed by atoms with Crippen LogP contribution in [-0.2, 0) is 0 Å². The zero-order valence-electron chi connectivity index (χ0n) is 9.91. The molecule has 0 bridgehead atoms. The number of hydrogen-bond acceptors (Lipinski definition) is 3. The van der Waals surface area contributed by atoms with Gasteiger partial charge in [-0.05, 0) is 24.5 Å². The Kier molecular flexibility index (Phi) is 5.74. The highest BCUT2D eigenvalue weighted by Crippen LogP contribution is 2.19. The highest BCUT2D eigenvalue weighted by atomic mass is 35.5. The van der Waals surface area contributed by atoms with Crippen LogP contribution in [0.5, 0.6) is 0 Å². The smallest absolute Gasteiger partial charge is 0.0632 e. The summed E-state index contributed by atoms with van der Waals surface area (Å²) in [6.45, 7) is 4.46. The largest absolute Gasteiger partial charge is 0.271 e. The quantitative estimate of drug-likeness (QED) is 0.595. The number of nitrogens with two attached hydrogens (primary N) is 1. The number of rotatable bonds is 6.